The van der Waals surface area contributed by atoms with E-state index < -0.39 is 0 Å². The van der Waals surface area contributed by atoms with Gasteiger partial charge in [-0.3, -0.25) is 4.79 Å². The predicted molar refractivity (Wildman–Crippen MR) is 76.7 cm³/mol. The summed E-state index contributed by atoms with van der Waals surface area (Å²) in [6, 6.07) is 10.5. The number of hydrogen-bond donors (Lipinski definition) is 2. The van der Waals surface area contributed by atoms with Crippen LogP contribution in [0.5, 0.6) is 0 Å². The van der Waals surface area contributed by atoms with E-state index in [0.717, 1.165) is 23.6 Å². The minimum atomic E-state index is 0.0787. The van der Waals surface area contributed by atoms with Crippen molar-refractivity contribution in [2.24, 2.45) is 0 Å². The molecular formula is C14H20N2OS. The van der Waals surface area contributed by atoms with Crippen molar-refractivity contribution in [1.29, 1.82) is 0 Å². The van der Waals surface area contributed by atoms with Crippen LogP contribution in [0.4, 0.5) is 0 Å². The summed E-state index contributed by atoms with van der Waals surface area (Å²) in [5.41, 5.74) is 1.15. The van der Waals surface area contributed by atoms with E-state index in [1.807, 2.05) is 49.0 Å². The molecule has 1 aliphatic rings. The Balaban J connectivity index is 1.80. The molecule has 0 bridgehead atoms. The summed E-state index contributed by atoms with van der Waals surface area (Å²) in [6.45, 7) is 3.03. The number of carbonyl (C=O) groups excluding carboxylic acids is 1. The topological polar surface area (TPSA) is 41.1 Å². The molecule has 0 radical (unpaired) electrons. The second-order valence-corrected chi connectivity index (χ2v) is 5.78. The highest BCUT2D eigenvalue weighted by Crippen LogP contribution is 2.13. The lowest BCUT2D eigenvalue weighted by Crippen LogP contribution is -2.41. The highest BCUT2D eigenvalue weighted by Gasteiger charge is 2.17. The maximum Gasteiger partial charge on any atom is 0.222 e. The molecule has 0 spiro atoms. The first-order valence-corrected chi connectivity index (χ1v) is 7.56. The third kappa shape index (κ3) is 4.03. The highest BCUT2D eigenvalue weighted by atomic mass is 32.2. The lowest BCUT2D eigenvalue weighted by atomic mass is 10.1. The Labute approximate surface area is 113 Å². The van der Waals surface area contributed by atoms with Crippen LogP contribution < -0.4 is 10.6 Å². The second-order valence-electron chi connectivity index (χ2n) is 4.63. The van der Waals surface area contributed by atoms with Crippen molar-refractivity contribution in [2.75, 3.05) is 18.1 Å². The first-order valence-electron chi connectivity index (χ1n) is 6.41. The van der Waals surface area contributed by atoms with Crippen LogP contribution >= 0.6 is 11.8 Å². The van der Waals surface area contributed by atoms with Crippen LogP contribution in [-0.2, 0) is 4.79 Å². The predicted octanol–water partition coefficient (Wildman–Crippen LogP) is 1.96. The molecule has 2 N–H and O–H groups in total. The van der Waals surface area contributed by atoms with Gasteiger partial charge in [0.05, 0.1) is 6.04 Å². The van der Waals surface area contributed by atoms with Gasteiger partial charge in [-0.2, -0.15) is 11.8 Å². The molecular weight excluding hydrogens is 244 g/mol. The monoisotopic (exact) mass is 264 g/mol. The maximum atomic E-state index is 11.9. The zero-order valence-corrected chi connectivity index (χ0v) is 11.5. The second kappa shape index (κ2) is 6.81. The average Bonchev–Trinajstić information content (AvgIpc) is 2.40. The Morgan fingerprint density at radius 3 is 2.94 bits per heavy atom. The van der Waals surface area contributed by atoms with E-state index in [9.17, 15) is 4.79 Å². The molecule has 1 unspecified atom stereocenters. The number of benzene rings is 1. The molecule has 1 heterocycles. The van der Waals surface area contributed by atoms with E-state index in [1.165, 1.54) is 0 Å². The average molecular weight is 264 g/mol. The van der Waals surface area contributed by atoms with Crippen molar-refractivity contribution in [2.45, 2.75) is 25.4 Å². The van der Waals surface area contributed by atoms with E-state index in [-0.39, 0.29) is 11.9 Å². The first-order chi connectivity index (χ1) is 8.75. The zero-order chi connectivity index (χ0) is 12.8. The summed E-state index contributed by atoms with van der Waals surface area (Å²) >= 11 is 1.92. The van der Waals surface area contributed by atoms with Crippen LogP contribution in [0.1, 0.15) is 24.9 Å². The van der Waals surface area contributed by atoms with Crippen LogP contribution in [-0.4, -0.2) is 30.0 Å². The summed E-state index contributed by atoms with van der Waals surface area (Å²) < 4.78 is 0. The fraction of sp³-hybridized carbons (Fsp3) is 0.500. The van der Waals surface area contributed by atoms with Crippen LogP contribution in [0.2, 0.25) is 0 Å². The van der Waals surface area contributed by atoms with Gasteiger partial charge in [-0.1, -0.05) is 30.3 Å². The lowest BCUT2D eigenvalue weighted by molar-refractivity contribution is -0.122. The van der Waals surface area contributed by atoms with Gasteiger partial charge in [-0.05, 0) is 12.5 Å². The molecule has 1 aromatic rings. The van der Waals surface area contributed by atoms with Crippen LogP contribution in [0, 0.1) is 0 Å². The summed E-state index contributed by atoms with van der Waals surface area (Å²) in [5.74, 6) is 2.32. The number of amides is 1. The Morgan fingerprint density at radius 2 is 2.28 bits per heavy atom. The quantitative estimate of drug-likeness (QED) is 0.873. The molecule has 18 heavy (non-hydrogen) atoms. The molecule has 98 valence electrons. The Morgan fingerprint density at radius 1 is 1.50 bits per heavy atom. The van der Waals surface area contributed by atoms with Crippen LogP contribution in [0.25, 0.3) is 0 Å². The van der Waals surface area contributed by atoms with Crippen molar-refractivity contribution in [1.82, 2.24) is 10.6 Å². The summed E-state index contributed by atoms with van der Waals surface area (Å²) in [7, 11) is 0. The molecule has 1 amide bonds. The van der Waals surface area contributed by atoms with E-state index in [1.54, 1.807) is 0 Å². The molecule has 0 aromatic heterocycles. The van der Waals surface area contributed by atoms with Gasteiger partial charge in [0.2, 0.25) is 5.91 Å². The molecule has 1 aromatic carbocycles. The van der Waals surface area contributed by atoms with Crippen molar-refractivity contribution in [3.63, 3.8) is 0 Å². The summed E-state index contributed by atoms with van der Waals surface area (Å²) in [6.07, 6.45) is 0.574. The van der Waals surface area contributed by atoms with Gasteiger partial charge in [0.15, 0.2) is 0 Å². The lowest BCUT2D eigenvalue weighted by Gasteiger charge is -2.23. The van der Waals surface area contributed by atoms with E-state index in [2.05, 4.69) is 10.6 Å². The van der Waals surface area contributed by atoms with Crippen LogP contribution in [0.15, 0.2) is 30.3 Å². The van der Waals surface area contributed by atoms with Gasteiger partial charge in [0.1, 0.15) is 0 Å². The Bertz CT molecular complexity index is 377. The standard InChI is InChI=1S/C14H20N2OS/c1-11(12-5-3-2-4-6-12)16-14(17)9-13-10-18-8-7-15-13/h2-6,11,13,15H,7-10H2,1H3,(H,16,17)/t11-,13?/m0/s1. The number of hydrogen-bond acceptors (Lipinski definition) is 3. The Hall–Kier alpha value is -1.00. The molecule has 0 aliphatic carbocycles. The normalized spacial score (nSPS) is 21.3. The van der Waals surface area contributed by atoms with E-state index >= 15 is 0 Å². The summed E-state index contributed by atoms with van der Waals surface area (Å²) in [4.78, 5) is 11.9. The number of rotatable bonds is 4. The first kappa shape index (κ1) is 13.4. The highest BCUT2D eigenvalue weighted by molar-refractivity contribution is 7.99. The SMILES string of the molecule is C[C@H](NC(=O)CC1CSCCN1)c1ccccc1. The van der Waals surface area contributed by atoms with Gasteiger partial charge in [0, 0.05) is 30.5 Å². The fourth-order valence-electron chi connectivity index (χ4n) is 2.10. The molecule has 1 aliphatic heterocycles. The van der Waals surface area contributed by atoms with Crippen molar-refractivity contribution >= 4 is 17.7 Å². The van der Waals surface area contributed by atoms with Gasteiger partial charge in [0.25, 0.3) is 0 Å². The number of nitrogens with one attached hydrogen (secondary N) is 2. The molecule has 2 rings (SSSR count). The number of carbonyl (C=O) groups is 1. The van der Waals surface area contributed by atoms with Gasteiger partial charge in [-0.25, -0.2) is 0 Å². The van der Waals surface area contributed by atoms with Gasteiger partial charge < -0.3 is 10.6 Å². The molecule has 3 nitrogen and oxygen atoms in total. The maximum absolute atomic E-state index is 11.9. The van der Waals surface area contributed by atoms with Crippen molar-refractivity contribution < 1.29 is 4.79 Å². The molecule has 1 fully saturated rings. The fourth-order valence-corrected chi connectivity index (χ4v) is 3.05. The molecule has 1 saturated heterocycles. The van der Waals surface area contributed by atoms with Crippen molar-refractivity contribution in [3.05, 3.63) is 35.9 Å². The molecule has 4 heteroatoms. The Kier molecular flexibility index (Phi) is 5.08. The summed E-state index contributed by atoms with van der Waals surface area (Å²) in [5, 5.41) is 6.44. The smallest absolute Gasteiger partial charge is 0.222 e. The zero-order valence-electron chi connectivity index (χ0n) is 10.7. The third-order valence-electron chi connectivity index (χ3n) is 3.11. The van der Waals surface area contributed by atoms with E-state index in [4.69, 9.17) is 0 Å². The molecule has 0 saturated carbocycles. The third-order valence-corrected chi connectivity index (χ3v) is 4.24. The van der Waals surface area contributed by atoms with Crippen molar-refractivity contribution in [3.8, 4) is 0 Å². The van der Waals surface area contributed by atoms with E-state index in [0.29, 0.717) is 12.5 Å². The van der Waals surface area contributed by atoms with Gasteiger partial charge >= 0.3 is 0 Å². The molecule has 2 atom stereocenters. The largest absolute Gasteiger partial charge is 0.350 e. The number of thioether (sulfide) groups is 1. The minimum Gasteiger partial charge on any atom is -0.350 e. The minimum absolute atomic E-state index is 0.0787. The van der Waals surface area contributed by atoms with Crippen LogP contribution in [0.3, 0.4) is 0 Å². The van der Waals surface area contributed by atoms with Gasteiger partial charge in [-0.15, -0.1) is 0 Å².